The number of fused-ring (bicyclic) bond motifs is 4. The minimum Gasteiger partial charge on any atom is -0.491 e. The van der Waals surface area contributed by atoms with Crippen LogP contribution in [0.4, 0.5) is 0 Å². The Balaban J connectivity index is 1.67. The summed E-state index contributed by atoms with van der Waals surface area (Å²) < 4.78 is 17.1. The second kappa shape index (κ2) is 9.06. The number of ether oxygens (including phenoxy) is 3. The number of nitrogens with zero attached hydrogens (tertiary/aromatic N) is 3. The highest BCUT2D eigenvalue weighted by Crippen LogP contribution is 2.38. The fraction of sp³-hybridized carbons (Fsp3) is 0.320. The number of carbonyl (C=O) groups excluding carboxylic acids is 1. The summed E-state index contributed by atoms with van der Waals surface area (Å²) in [6.07, 6.45) is 0. The van der Waals surface area contributed by atoms with Gasteiger partial charge in [0.2, 0.25) is 0 Å². The lowest BCUT2D eigenvalue weighted by Gasteiger charge is -2.26. The van der Waals surface area contributed by atoms with Crippen molar-refractivity contribution in [2.45, 2.75) is 6.92 Å². The summed E-state index contributed by atoms with van der Waals surface area (Å²) in [5, 5.41) is 1.73. The molecule has 4 aromatic rings. The fourth-order valence-corrected chi connectivity index (χ4v) is 4.14. The van der Waals surface area contributed by atoms with Crippen LogP contribution in [0.3, 0.4) is 0 Å². The second-order valence-electron chi connectivity index (χ2n) is 7.68. The SMILES string of the molecule is CCOC(=O)c1c(OCCN2CCOCC2)c2ccccc2c2nc3ccccc3nc12. The molecule has 1 fully saturated rings. The van der Waals surface area contributed by atoms with E-state index in [-0.39, 0.29) is 6.61 Å². The maximum absolute atomic E-state index is 13.1. The third-order valence-corrected chi connectivity index (χ3v) is 5.70. The second-order valence-corrected chi connectivity index (χ2v) is 7.68. The maximum Gasteiger partial charge on any atom is 0.344 e. The molecule has 1 aliphatic rings. The fourth-order valence-electron chi connectivity index (χ4n) is 4.14. The zero-order valence-electron chi connectivity index (χ0n) is 18.0. The van der Waals surface area contributed by atoms with Crippen molar-refractivity contribution in [3.05, 3.63) is 54.1 Å². The van der Waals surface area contributed by atoms with Crippen LogP contribution in [0.2, 0.25) is 0 Å². The van der Waals surface area contributed by atoms with Gasteiger partial charge in [-0.3, -0.25) is 4.90 Å². The molecule has 0 bridgehead atoms. The van der Waals surface area contributed by atoms with Gasteiger partial charge in [0.25, 0.3) is 0 Å². The van der Waals surface area contributed by atoms with Gasteiger partial charge in [0.1, 0.15) is 23.4 Å². The minimum atomic E-state index is -0.450. The third kappa shape index (κ3) is 3.85. The number of benzene rings is 3. The average Bonchev–Trinajstić information content (AvgIpc) is 2.83. The summed E-state index contributed by atoms with van der Waals surface area (Å²) in [4.78, 5) is 25.1. The molecule has 0 saturated carbocycles. The van der Waals surface area contributed by atoms with Crippen LogP contribution < -0.4 is 4.74 Å². The molecular weight excluding hydrogens is 406 g/mol. The summed E-state index contributed by atoms with van der Waals surface area (Å²) in [5.74, 6) is 0.0543. The third-order valence-electron chi connectivity index (χ3n) is 5.70. The van der Waals surface area contributed by atoms with E-state index >= 15 is 0 Å². The minimum absolute atomic E-state index is 0.265. The van der Waals surface area contributed by atoms with Crippen LogP contribution in [0.1, 0.15) is 17.3 Å². The van der Waals surface area contributed by atoms with Crippen molar-refractivity contribution >= 4 is 38.8 Å². The van der Waals surface area contributed by atoms with E-state index in [1.807, 2.05) is 48.5 Å². The Morgan fingerprint density at radius 3 is 2.34 bits per heavy atom. The van der Waals surface area contributed by atoms with Gasteiger partial charge in [-0.15, -0.1) is 0 Å². The van der Waals surface area contributed by atoms with Gasteiger partial charge in [-0.2, -0.15) is 0 Å². The van der Waals surface area contributed by atoms with Crippen molar-refractivity contribution in [2.24, 2.45) is 0 Å². The number of hydrogen-bond acceptors (Lipinski definition) is 7. The topological polar surface area (TPSA) is 73.8 Å². The Morgan fingerprint density at radius 1 is 0.969 bits per heavy atom. The van der Waals surface area contributed by atoms with E-state index in [4.69, 9.17) is 24.2 Å². The van der Waals surface area contributed by atoms with Gasteiger partial charge >= 0.3 is 5.97 Å². The lowest BCUT2D eigenvalue weighted by atomic mass is 10.0. The normalized spacial score (nSPS) is 14.8. The summed E-state index contributed by atoms with van der Waals surface area (Å²) >= 11 is 0. The van der Waals surface area contributed by atoms with E-state index in [9.17, 15) is 4.79 Å². The lowest BCUT2D eigenvalue weighted by Crippen LogP contribution is -2.38. The number of esters is 1. The van der Waals surface area contributed by atoms with Gasteiger partial charge in [0.05, 0.1) is 36.4 Å². The number of aromatic nitrogens is 2. The molecular formula is C25H25N3O4. The first-order valence-corrected chi connectivity index (χ1v) is 11.0. The molecule has 0 aliphatic carbocycles. The molecule has 0 amide bonds. The van der Waals surface area contributed by atoms with Crippen molar-refractivity contribution in [1.29, 1.82) is 0 Å². The molecule has 0 spiro atoms. The van der Waals surface area contributed by atoms with Crippen LogP contribution in [-0.4, -0.2) is 66.9 Å². The molecule has 1 saturated heterocycles. The van der Waals surface area contributed by atoms with Crippen molar-refractivity contribution in [3.8, 4) is 5.75 Å². The summed E-state index contributed by atoms with van der Waals surface area (Å²) in [7, 11) is 0. The van der Waals surface area contributed by atoms with Crippen molar-refractivity contribution in [3.63, 3.8) is 0 Å². The first kappa shape index (κ1) is 20.6. The standard InChI is InChI=1S/C25H25N3O4/c1-2-31-25(29)21-23-22(26-19-9-5-6-10-20(19)27-23)17-7-3-4-8-18(17)24(21)32-16-13-28-11-14-30-15-12-28/h3-10H,2,11-16H2,1H3. The Bertz CT molecular complexity index is 1280. The van der Waals surface area contributed by atoms with Gasteiger partial charge in [-0.25, -0.2) is 14.8 Å². The summed E-state index contributed by atoms with van der Waals surface area (Å²) in [5.41, 5.74) is 3.01. The number of morpholine rings is 1. The molecule has 0 unspecified atom stereocenters. The molecule has 1 aliphatic heterocycles. The quantitative estimate of drug-likeness (QED) is 0.261. The predicted octanol–water partition coefficient (Wildman–Crippen LogP) is 3.82. The predicted molar refractivity (Wildman–Crippen MR) is 123 cm³/mol. The van der Waals surface area contributed by atoms with Gasteiger partial charge in [-0.1, -0.05) is 36.4 Å². The Labute approximate surface area is 185 Å². The Morgan fingerprint density at radius 2 is 1.62 bits per heavy atom. The molecule has 7 nitrogen and oxygen atoms in total. The monoisotopic (exact) mass is 431 g/mol. The van der Waals surface area contributed by atoms with Crippen LogP contribution in [0.15, 0.2) is 48.5 Å². The van der Waals surface area contributed by atoms with E-state index < -0.39 is 5.97 Å². The lowest BCUT2D eigenvalue weighted by molar-refractivity contribution is 0.0321. The molecule has 0 atom stereocenters. The maximum atomic E-state index is 13.1. The molecule has 5 rings (SSSR count). The van der Waals surface area contributed by atoms with Crippen LogP contribution in [-0.2, 0) is 9.47 Å². The molecule has 32 heavy (non-hydrogen) atoms. The van der Waals surface area contributed by atoms with E-state index in [1.165, 1.54) is 0 Å². The van der Waals surface area contributed by atoms with E-state index in [2.05, 4.69) is 4.90 Å². The summed E-state index contributed by atoms with van der Waals surface area (Å²) in [6, 6.07) is 15.5. The number of rotatable bonds is 6. The van der Waals surface area contributed by atoms with Crippen molar-refractivity contribution in [2.75, 3.05) is 46.1 Å². The largest absolute Gasteiger partial charge is 0.491 e. The van der Waals surface area contributed by atoms with Crippen LogP contribution >= 0.6 is 0 Å². The molecule has 2 heterocycles. The first-order chi connectivity index (χ1) is 15.8. The molecule has 3 aromatic carbocycles. The smallest absolute Gasteiger partial charge is 0.344 e. The van der Waals surface area contributed by atoms with E-state index in [0.717, 1.165) is 54.7 Å². The average molecular weight is 431 g/mol. The molecule has 0 N–H and O–H groups in total. The number of hydrogen-bond donors (Lipinski definition) is 0. The van der Waals surface area contributed by atoms with Gasteiger partial charge in [0.15, 0.2) is 0 Å². The molecule has 0 radical (unpaired) electrons. The molecule has 164 valence electrons. The van der Waals surface area contributed by atoms with Gasteiger partial charge in [-0.05, 0) is 19.1 Å². The Hall–Kier alpha value is -3.29. The van der Waals surface area contributed by atoms with Gasteiger partial charge in [0, 0.05) is 30.4 Å². The van der Waals surface area contributed by atoms with Crippen LogP contribution in [0.25, 0.3) is 32.8 Å². The highest BCUT2D eigenvalue weighted by Gasteiger charge is 2.25. The number of carbonyl (C=O) groups is 1. The van der Waals surface area contributed by atoms with Crippen LogP contribution in [0.5, 0.6) is 5.75 Å². The number of para-hydroxylation sites is 2. The van der Waals surface area contributed by atoms with Crippen molar-refractivity contribution < 1.29 is 19.0 Å². The molecule has 1 aromatic heterocycles. The van der Waals surface area contributed by atoms with Gasteiger partial charge < -0.3 is 14.2 Å². The first-order valence-electron chi connectivity index (χ1n) is 11.0. The Kier molecular flexibility index (Phi) is 5.83. The zero-order valence-corrected chi connectivity index (χ0v) is 18.0. The summed E-state index contributed by atoms with van der Waals surface area (Å²) in [6.45, 7) is 6.48. The van der Waals surface area contributed by atoms with Crippen molar-refractivity contribution in [1.82, 2.24) is 14.9 Å². The van der Waals surface area contributed by atoms with Crippen LogP contribution in [0, 0.1) is 0 Å². The highest BCUT2D eigenvalue weighted by atomic mass is 16.5. The zero-order chi connectivity index (χ0) is 21.9. The highest BCUT2D eigenvalue weighted by molar-refractivity contribution is 6.18. The molecule has 7 heteroatoms. The van der Waals surface area contributed by atoms with E-state index in [1.54, 1.807) is 6.92 Å². The van der Waals surface area contributed by atoms with E-state index in [0.29, 0.717) is 29.0 Å².